The number of benzene rings is 9. The Morgan fingerprint density at radius 2 is 0.864 bits per heavy atom. The van der Waals surface area contributed by atoms with E-state index in [4.69, 9.17) is 13.3 Å². The summed E-state index contributed by atoms with van der Waals surface area (Å²) in [4.78, 5) is 0. The lowest BCUT2D eigenvalue weighted by atomic mass is 9.85. The Morgan fingerprint density at radius 1 is 0.322 bits per heavy atom. The minimum atomic E-state index is 0.852. The Labute approximate surface area is 339 Å². The van der Waals surface area contributed by atoms with E-state index >= 15 is 0 Å². The molecule has 0 spiro atoms. The van der Waals surface area contributed by atoms with Gasteiger partial charge in [0.1, 0.15) is 33.7 Å². The molecule has 0 saturated carbocycles. The van der Waals surface area contributed by atoms with Gasteiger partial charge in [0, 0.05) is 50.0 Å². The molecule has 0 N–H and O–H groups in total. The van der Waals surface area contributed by atoms with Crippen molar-refractivity contribution in [3.05, 3.63) is 193 Å². The number of aryl methyl sites for hydroxylation is 1. The molecule has 276 valence electrons. The summed E-state index contributed by atoms with van der Waals surface area (Å²) in [5, 5.41) is 10.3. The first-order chi connectivity index (χ1) is 29.2. The molecule has 0 fully saturated rings. The molecule has 0 unspecified atom stereocenters. The lowest BCUT2D eigenvalue weighted by Crippen LogP contribution is -1.98. The van der Waals surface area contributed by atoms with Crippen LogP contribution >= 0.6 is 0 Å². The van der Waals surface area contributed by atoms with E-state index in [1.807, 2.05) is 18.2 Å². The number of fused-ring (bicyclic) bond motifs is 7. The van der Waals surface area contributed by atoms with E-state index in [0.29, 0.717) is 0 Å². The zero-order valence-corrected chi connectivity index (χ0v) is 32.0. The fourth-order valence-corrected chi connectivity index (χ4v) is 9.88. The molecule has 59 heavy (non-hydrogen) atoms. The molecule has 1 aliphatic rings. The van der Waals surface area contributed by atoms with Crippen LogP contribution < -0.4 is 0 Å². The smallest absolute Gasteiger partial charge is 0.143 e. The third-order valence-electron chi connectivity index (χ3n) is 12.6. The van der Waals surface area contributed by atoms with Gasteiger partial charge in [0.25, 0.3) is 0 Å². The van der Waals surface area contributed by atoms with Gasteiger partial charge in [-0.15, -0.1) is 0 Å². The highest BCUT2D eigenvalue weighted by molar-refractivity contribution is 6.29. The molecule has 0 bridgehead atoms. The van der Waals surface area contributed by atoms with Crippen molar-refractivity contribution >= 4 is 88.0 Å². The van der Waals surface area contributed by atoms with Gasteiger partial charge in [-0.05, 0) is 104 Å². The van der Waals surface area contributed by atoms with Gasteiger partial charge < -0.3 is 13.3 Å². The lowest BCUT2D eigenvalue weighted by Gasteiger charge is -2.18. The zero-order chi connectivity index (χ0) is 38.6. The lowest BCUT2D eigenvalue weighted by molar-refractivity contribution is 0.548. The summed E-state index contributed by atoms with van der Waals surface area (Å²) in [6, 6.07) is 63.0. The van der Waals surface area contributed by atoms with E-state index in [-0.39, 0.29) is 0 Å². The van der Waals surface area contributed by atoms with Crippen LogP contribution in [-0.4, -0.2) is 0 Å². The molecule has 3 heterocycles. The third kappa shape index (κ3) is 4.82. The fraction of sp³-hybridized carbons (Fsp3) is 0.0357. The van der Waals surface area contributed by atoms with E-state index in [2.05, 4.69) is 164 Å². The van der Waals surface area contributed by atoms with E-state index in [1.165, 1.54) is 27.5 Å². The van der Waals surface area contributed by atoms with Crippen molar-refractivity contribution in [2.24, 2.45) is 0 Å². The first kappa shape index (κ1) is 32.5. The number of hydrogen-bond donors (Lipinski definition) is 0. The van der Waals surface area contributed by atoms with Crippen LogP contribution in [0.3, 0.4) is 0 Å². The Kier molecular flexibility index (Phi) is 6.84. The molecule has 0 amide bonds. The number of allylic oxidation sites excluding steroid dienone is 1. The molecule has 0 saturated heterocycles. The van der Waals surface area contributed by atoms with Crippen LogP contribution in [0.2, 0.25) is 0 Å². The van der Waals surface area contributed by atoms with E-state index in [0.717, 1.165) is 118 Å². The molecule has 3 aromatic heterocycles. The summed E-state index contributed by atoms with van der Waals surface area (Å²) in [7, 11) is 0. The van der Waals surface area contributed by atoms with Gasteiger partial charge in [-0.2, -0.15) is 0 Å². The summed E-state index contributed by atoms with van der Waals surface area (Å²) in [5.74, 6) is 1.06. The van der Waals surface area contributed by atoms with Gasteiger partial charge in [-0.1, -0.05) is 140 Å². The second-order valence-corrected chi connectivity index (χ2v) is 15.8. The Hall–Kier alpha value is -7.62. The zero-order valence-electron chi connectivity index (χ0n) is 32.0. The van der Waals surface area contributed by atoms with Crippen molar-refractivity contribution in [1.29, 1.82) is 0 Å². The number of furan rings is 2. The SMILES string of the molecule is C1=C(c2cc(-c3ccccc3)c3oc4c(-c5ccccc5)cc(-c5ccc6oc7ccccc7c6c5)c5cccc(c6cccc2c36)c54)CCc2oc3ccccc3c21. The van der Waals surface area contributed by atoms with Crippen LogP contribution in [0.4, 0.5) is 0 Å². The minimum absolute atomic E-state index is 0.852. The van der Waals surface area contributed by atoms with Crippen LogP contribution in [-0.2, 0) is 6.42 Å². The van der Waals surface area contributed by atoms with Gasteiger partial charge in [-0.3, -0.25) is 0 Å². The van der Waals surface area contributed by atoms with Crippen LogP contribution in [0.15, 0.2) is 189 Å². The average molecular weight is 755 g/mol. The molecular formula is C56H34O3. The molecular weight excluding hydrogens is 721 g/mol. The van der Waals surface area contributed by atoms with Crippen LogP contribution in [0.25, 0.3) is 121 Å². The molecule has 9 aromatic carbocycles. The van der Waals surface area contributed by atoms with Crippen molar-refractivity contribution in [3.63, 3.8) is 0 Å². The molecule has 3 heteroatoms. The second-order valence-electron chi connectivity index (χ2n) is 15.8. The first-order valence-corrected chi connectivity index (χ1v) is 20.4. The van der Waals surface area contributed by atoms with Gasteiger partial charge in [0.2, 0.25) is 0 Å². The molecule has 13 rings (SSSR count). The molecule has 0 radical (unpaired) electrons. The van der Waals surface area contributed by atoms with Crippen molar-refractivity contribution in [2.75, 3.05) is 0 Å². The predicted octanol–water partition coefficient (Wildman–Crippen LogP) is 16.0. The highest BCUT2D eigenvalue weighted by Gasteiger charge is 2.25. The average Bonchev–Trinajstić information content (AvgIpc) is 3.82. The predicted molar refractivity (Wildman–Crippen MR) is 245 cm³/mol. The molecule has 0 atom stereocenters. The Morgan fingerprint density at radius 3 is 1.56 bits per heavy atom. The summed E-state index contributed by atoms with van der Waals surface area (Å²) in [5.41, 5.74) is 14.8. The van der Waals surface area contributed by atoms with Crippen molar-refractivity contribution < 1.29 is 13.3 Å². The molecule has 1 aliphatic carbocycles. The largest absolute Gasteiger partial charge is 0.460 e. The Balaban J connectivity index is 1.18. The standard InChI is InChI=1S/C56H34O3/c1-3-13-33(14-4-1)45-31-43(35-25-27-51-47(29-35)37-17-7-9-23-49(37)57-51)41-21-11-19-39-40-20-12-22-42-44(36-26-28-52-48(30-36)38-18-8-10-24-50(38)58-52)32-46(34-15-5-2-6-16-34)56(54(40)42)59-55(45)53(39)41/h1-25,27,29-32H,26,28H2. The number of hydrogen-bond acceptors (Lipinski definition) is 3. The maximum absolute atomic E-state index is 7.62. The topological polar surface area (TPSA) is 39.4 Å². The van der Waals surface area contributed by atoms with Crippen LogP contribution in [0.1, 0.15) is 23.3 Å². The molecule has 0 aliphatic heterocycles. The van der Waals surface area contributed by atoms with E-state index in [9.17, 15) is 0 Å². The maximum Gasteiger partial charge on any atom is 0.143 e. The highest BCUT2D eigenvalue weighted by atomic mass is 16.3. The summed E-state index contributed by atoms with van der Waals surface area (Å²) in [6.45, 7) is 0. The Bertz CT molecular complexity index is 3710. The van der Waals surface area contributed by atoms with Crippen LogP contribution in [0, 0.1) is 0 Å². The first-order valence-electron chi connectivity index (χ1n) is 20.4. The van der Waals surface area contributed by atoms with Gasteiger partial charge in [-0.25, -0.2) is 0 Å². The normalized spacial score (nSPS) is 13.1. The second kappa shape index (κ2) is 12.4. The van der Waals surface area contributed by atoms with Crippen LogP contribution in [0.5, 0.6) is 0 Å². The summed E-state index contributed by atoms with van der Waals surface area (Å²) in [6.07, 6.45) is 4.11. The van der Waals surface area contributed by atoms with Crippen molar-refractivity contribution in [3.8, 4) is 33.4 Å². The monoisotopic (exact) mass is 754 g/mol. The van der Waals surface area contributed by atoms with Crippen molar-refractivity contribution in [2.45, 2.75) is 12.8 Å². The highest BCUT2D eigenvalue weighted by Crippen LogP contribution is 2.49. The van der Waals surface area contributed by atoms with Gasteiger partial charge in [0.05, 0.1) is 0 Å². The fourth-order valence-electron chi connectivity index (χ4n) is 9.88. The quantitative estimate of drug-likeness (QED) is 0.180. The summed E-state index contributed by atoms with van der Waals surface area (Å²) >= 11 is 0. The van der Waals surface area contributed by atoms with Gasteiger partial charge >= 0.3 is 0 Å². The van der Waals surface area contributed by atoms with E-state index in [1.54, 1.807) is 0 Å². The van der Waals surface area contributed by atoms with Crippen molar-refractivity contribution in [1.82, 2.24) is 0 Å². The van der Waals surface area contributed by atoms with Gasteiger partial charge in [0.15, 0.2) is 0 Å². The third-order valence-corrected chi connectivity index (χ3v) is 12.6. The molecule has 3 nitrogen and oxygen atoms in total. The number of para-hydroxylation sites is 2. The summed E-state index contributed by atoms with van der Waals surface area (Å²) < 4.78 is 20.3. The van der Waals surface area contributed by atoms with E-state index < -0.39 is 0 Å². The maximum atomic E-state index is 7.62. The minimum Gasteiger partial charge on any atom is -0.460 e. The molecule has 12 aromatic rings. The number of rotatable bonds is 4.